The molecule has 0 fully saturated rings. The van der Waals surface area contributed by atoms with Crippen LogP contribution in [0.15, 0.2) is 48.5 Å². The van der Waals surface area contributed by atoms with Crippen LogP contribution in [0, 0.1) is 5.92 Å². The molecular weight excluding hydrogens is 390 g/mol. The summed E-state index contributed by atoms with van der Waals surface area (Å²) in [6, 6.07) is 14.2. The van der Waals surface area contributed by atoms with Crippen LogP contribution in [0.3, 0.4) is 0 Å². The van der Waals surface area contributed by atoms with Crippen LogP contribution in [0.2, 0.25) is 0 Å². The molecule has 0 spiro atoms. The molecule has 0 unspecified atom stereocenters. The number of methoxy groups -OCH3 is 3. The summed E-state index contributed by atoms with van der Waals surface area (Å²) in [6.45, 7) is 0.170. The largest absolute Gasteiger partial charge is 0.497 e. The Hall–Kier alpha value is -3.55. The topological polar surface area (TPSA) is 100 Å². The van der Waals surface area contributed by atoms with Crippen molar-refractivity contribution in [2.24, 2.45) is 5.92 Å². The lowest BCUT2D eigenvalue weighted by Gasteiger charge is -2.13. The maximum Gasteiger partial charge on any atom is 0.411 e. The minimum atomic E-state index is -1.03. The number of nitrogens with one attached hydrogen (secondary N) is 1. The van der Waals surface area contributed by atoms with E-state index in [9.17, 15) is 14.4 Å². The van der Waals surface area contributed by atoms with Crippen molar-refractivity contribution in [1.82, 2.24) is 0 Å². The van der Waals surface area contributed by atoms with Crippen LogP contribution in [0.5, 0.6) is 5.75 Å². The van der Waals surface area contributed by atoms with Gasteiger partial charge in [0, 0.05) is 12.1 Å². The molecule has 0 aliphatic rings. The van der Waals surface area contributed by atoms with Gasteiger partial charge in [0.25, 0.3) is 0 Å². The number of hydrogen-bond donors (Lipinski definition) is 1. The highest BCUT2D eigenvalue weighted by Gasteiger charge is 2.28. The van der Waals surface area contributed by atoms with Gasteiger partial charge < -0.3 is 18.9 Å². The van der Waals surface area contributed by atoms with E-state index in [1.54, 1.807) is 37.4 Å². The van der Waals surface area contributed by atoms with E-state index >= 15 is 0 Å². The summed E-state index contributed by atoms with van der Waals surface area (Å²) in [6.07, 6.45) is 0.0736. The van der Waals surface area contributed by atoms with Gasteiger partial charge in [0.05, 0.1) is 27.9 Å². The molecular formula is C22H25NO7. The lowest BCUT2D eigenvalue weighted by molar-refractivity contribution is -0.158. The number of hydrogen-bond acceptors (Lipinski definition) is 7. The molecule has 1 N–H and O–H groups in total. The van der Waals surface area contributed by atoms with Crippen molar-refractivity contribution >= 4 is 23.7 Å². The van der Waals surface area contributed by atoms with Crippen molar-refractivity contribution in [3.63, 3.8) is 0 Å². The highest BCUT2D eigenvalue weighted by atomic mass is 16.6. The van der Waals surface area contributed by atoms with Crippen LogP contribution < -0.4 is 10.1 Å². The Morgan fingerprint density at radius 3 is 2.13 bits per heavy atom. The van der Waals surface area contributed by atoms with Gasteiger partial charge in [-0.25, -0.2) is 4.79 Å². The molecule has 0 aliphatic heterocycles. The summed E-state index contributed by atoms with van der Waals surface area (Å²) in [5.41, 5.74) is 2.27. The molecule has 0 radical (unpaired) electrons. The fourth-order valence-corrected chi connectivity index (χ4v) is 2.79. The molecule has 2 rings (SSSR count). The van der Waals surface area contributed by atoms with E-state index in [4.69, 9.17) is 9.47 Å². The third-order valence-corrected chi connectivity index (χ3v) is 4.36. The number of carbonyl (C=O) groups excluding carboxylic acids is 3. The summed E-state index contributed by atoms with van der Waals surface area (Å²) in [7, 11) is 4.02. The number of rotatable bonds is 9. The average Bonchev–Trinajstić information content (AvgIpc) is 2.77. The molecule has 160 valence electrons. The number of anilines is 1. The van der Waals surface area contributed by atoms with Crippen molar-refractivity contribution in [3.8, 4) is 5.75 Å². The molecule has 0 saturated heterocycles. The molecule has 8 nitrogen and oxygen atoms in total. The quantitative estimate of drug-likeness (QED) is 0.382. The van der Waals surface area contributed by atoms with Crippen LogP contribution in [0.1, 0.15) is 11.1 Å². The van der Waals surface area contributed by atoms with Crippen molar-refractivity contribution < 1.29 is 33.3 Å². The van der Waals surface area contributed by atoms with E-state index in [1.165, 1.54) is 14.2 Å². The maximum atomic E-state index is 11.9. The van der Waals surface area contributed by atoms with Crippen molar-refractivity contribution in [3.05, 3.63) is 59.7 Å². The van der Waals surface area contributed by atoms with Gasteiger partial charge >= 0.3 is 18.0 Å². The van der Waals surface area contributed by atoms with E-state index in [-0.39, 0.29) is 13.0 Å². The van der Waals surface area contributed by atoms with Crippen molar-refractivity contribution in [1.29, 1.82) is 0 Å². The summed E-state index contributed by atoms with van der Waals surface area (Å²) in [5, 5.41) is 2.64. The Balaban J connectivity index is 1.87. The predicted octanol–water partition coefficient (Wildman–Crippen LogP) is 2.99. The molecule has 0 bridgehead atoms. The molecule has 8 heteroatoms. The first-order valence-electron chi connectivity index (χ1n) is 9.28. The summed E-state index contributed by atoms with van der Waals surface area (Å²) >= 11 is 0. The molecule has 0 saturated carbocycles. The standard InChI is InChI=1S/C22H25NO7/c1-27-18-9-7-17(8-10-18)23-22(26)30-12-11-15-5-4-6-16(13-15)14-19(20(24)28-2)21(25)29-3/h4-10,13,19H,11-12,14H2,1-3H3,(H,23,26). The van der Waals surface area contributed by atoms with Gasteiger partial charge in [0.2, 0.25) is 0 Å². The monoisotopic (exact) mass is 415 g/mol. The van der Waals surface area contributed by atoms with E-state index in [0.717, 1.165) is 11.1 Å². The second kappa shape index (κ2) is 11.5. The Bertz CT molecular complexity index is 848. The second-order valence-electron chi connectivity index (χ2n) is 6.36. The maximum absolute atomic E-state index is 11.9. The Labute approximate surface area is 175 Å². The normalized spacial score (nSPS) is 10.3. The SMILES string of the molecule is COC(=O)C(Cc1cccc(CCOC(=O)Nc2ccc(OC)cc2)c1)C(=O)OC. The molecule has 2 aromatic carbocycles. The van der Waals surface area contributed by atoms with Crippen LogP contribution in [-0.4, -0.2) is 46.0 Å². The predicted molar refractivity (Wildman–Crippen MR) is 109 cm³/mol. The Morgan fingerprint density at radius 2 is 1.53 bits per heavy atom. The fraction of sp³-hybridized carbons (Fsp3) is 0.318. The van der Waals surface area contributed by atoms with Crippen LogP contribution in [0.25, 0.3) is 0 Å². The summed E-state index contributed by atoms with van der Waals surface area (Å²) < 4.78 is 19.6. The molecule has 0 aliphatic carbocycles. The minimum Gasteiger partial charge on any atom is -0.497 e. The summed E-state index contributed by atoms with van der Waals surface area (Å²) in [4.78, 5) is 35.6. The highest BCUT2D eigenvalue weighted by molar-refractivity contribution is 5.95. The average molecular weight is 415 g/mol. The van der Waals surface area contributed by atoms with E-state index < -0.39 is 23.9 Å². The zero-order chi connectivity index (χ0) is 21.9. The first kappa shape index (κ1) is 22.7. The zero-order valence-electron chi connectivity index (χ0n) is 17.2. The Kier molecular flexibility index (Phi) is 8.68. The van der Waals surface area contributed by atoms with Gasteiger partial charge in [-0.1, -0.05) is 24.3 Å². The molecule has 0 aromatic heterocycles. The van der Waals surface area contributed by atoms with Gasteiger partial charge in [-0.2, -0.15) is 0 Å². The van der Waals surface area contributed by atoms with Crippen molar-refractivity contribution in [2.75, 3.05) is 33.3 Å². The third kappa shape index (κ3) is 6.80. The van der Waals surface area contributed by atoms with Gasteiger partial charge in [0.1, 0.15) is 5.75 Å². The second-order valence-corrected chi connectivity index (χ2v) is 6.36. The van der Waals surface area contributed by atoms with Crippen LogP contribution in [0.4, 0.5) is 10.5 Å². The number of carbonyl (C=O) groups is 3. The number of amides is 1. The van der Waals surface area contributed by atoms with Crippen molar-refractivity contribution in [2.45, 2.75) is 12.8 Å². The Morgan fingerprint density at radius 1 is 0.900 bits per heavy atom. The lowest BCUT2D eigenvalue weighted by Crippen LogP contribution is -2.28. The molecule has 30 heavy (non-hydrogen) atoms. The molecule has 0 atom stereocenters. The van der Waals surface area contributed by atoms with E-state index in [0.29, 0.717) is 17.9 Å². The van der Waals surface area contributed by atoms with Gasteiger partial charge in [-0.15, -0.1) is 0 Å². The third-order valence-electron chi connectivity index (χ3n) is 4.36. The lowest BCUT2D eigenvalue weighted by atomic mass is 9.97. The van der Waals surface area contributed by atoms with Gasteiger partial charge in [-0.3, -0.25) is 14.9 Å². The van der Waals surface area contributed by atoms with E-state index in [2.05, 4.69) is 14.8 Å². The smallest absolute Gasteiger partial charge is 0.411 e. The van der Waals surface area contributed by atoms with Gasteiger partial charge in [-0.05, 0) is 41.8 Å². The molecule has 2 aromatic rings. The number of esters is 2. The highest BCUT2D eigenvalue weighted by Crippen LogP contribution is 2.16. The number of ether oxygens (including phenoxy) is 4. The first-order chi connectivity index (χ1) is 14.5. The van der Waals surface area contributed by atoms with Crippen LogP contribution >= 0.6 is 0 Å². The van der Waals surface area contributed by atoms with Crippen LogP contribution in [-0.2, 0) is 36.6 Å². The summed E-state index contributed by atoms with van der Waals surface area (Å²) in [5.74, 6) is -1.63. The molecule has 0 heterocycles. The minimum absolute atomic E-state index is 0.159. The number of benzene rings is 2. The zero-order valence-corrected chi connectivity index (χ0v) is 17.2. The first-order valence-corrected chi connectivity index (χ1v) is 9.28. The van der Waals surface area contributed by atoms with E-state index in [1.807, 2.05) is 18.2 Å². The fourth-order valence-electron chi connectivity index (χ4n) is 2.79. The molecule has 1 amide bonds. The van der Waals surface area contributed by atoms with Gasteiger partial charge in [0.15, 0.2) is 5.92 Å².